The Morgan fingerprint density at radius 2 is 0.962 bits per heavy atom. The number of para-hydroxylation sites is 1. The lowest BCUT2D eigenvalue weighted by Crippen LogP contribution is -2.36. The molecule has 5 N–H and O–H groups in total. The molecule has 446 valence electrons. The second-order valence-electron chi connectivity index (χ2n) is 19.5. The number of hydrogen-bond acceptors (Lipinski definition) is 19. The van der Waals surface area contributed by atoms with Crippen molar-refractivity contribution in [1.29, 1.82) is 0 Å². The molecule has 0 aliphatic rings. The summed E-state index contributed by atoms with van der Waals surface area (Å²) in [6, 6.07) is 13.6. The molecule has 0 aliphatic carbocycles. The zero-order chi connectivity index (χ0) is 61.7. The van der Waals surface area contributed by atoms with Gasteiger partial charge in [0, 0.05) is 68.4 Å². The van der Waals surface area contributed by atoms with Gasteiger partial charge in [0.15, 0.2) is 29.6 Å². The Balaban J connectivity index is -0.000000952. The number of hydrogen-bond donors (Lipinski definition) is 5. The molecular weight excluding hydrogens is 1060 g/mol. The van der Waals surface area contributed by atoms with Crippen molar-refractivity contribution < 1.29 is 96.6 Å². The van der Waals surface area contributed by atoms with Crippen LogP contribution in [0.5, 0.6) is 11.5 Å². The van der Waals surface area contributed by atoms with Gasteiger partial charge in [-0.05, 0) is 88.5 Å². The Labute approximate surface area is 467 Å². The van der Waals surface area contributed by atoms with Crippen molar-refractivity contribution in [2.75, 3.05) is 13.1 Å². The first-order chi connectivity index (χ1) is 36.5. The SMILES string of the molecule is CC(=O)[C@H](C)O.CC(C)C(=O)[C@H](C)OC(=O)Oc1ccccc1.CC(C)C[C@H](CNC(=O)O[C@@H](C)C(=O)C(C)C)CC(=O)O.CC(C)C[C@H](CNC(=O)O[C@@H](C)OC(=O)C(C)C)CC(=O)O.O=C(Cl)Oc1ccc([N+](=O)[O-])cc1. The highest BCUT2D eigenvalue weighted by atomic mass is 35.5. The summed E-state index contributed by atoms with van der Waals surface area (Å²) in [5, 5.41) is 41.2. The molecule has 0 unspecified atom stereocenters. The third-order valence-corrected chi connectivity index (χ3v) is 9.98. The van der Waals surface area contributed by atoms with Gasteiger partial charge in [-0.25, -0.2) is 19.2 Å². The molecule has 0 radical (unpaired) electrons. The molecule has 24 nitrogen and oxygen atoms in total. The highest BCUT2D eigenvalue weighted by molar-refractivity contribution is 6.61. The maximum Gasteiger partial charge on any atom is 0.514 e. The van der Waals surface area contributed by atoms with Gasteiger partial charge in [0.1, 0.15) is 17.6 Å². The van der Waals surface area contributed by atoms with E-state index in [1.54, 1.807) is 65.8 Å². The minimum absolute atomic E-state index is 0.00105. The van der Waals surface area contributed by atoms with Crippen LogP contribution in [0.15, 0.2) is 54.6 Å². The van der Waals surface area contributed by atoms with Gasteiger partial charge in [0.2, 0.25) is 6.29 Å². The van der Waals surface area contributed by atoms with E-state index in [4.69, 9.17) is 50.6 Å². The van der Waals surface area contributed by atoms with E-state index in [2.05, 4.69) is 15.4 Å². The number of alkyl carbamates (subject to hydrolysis) is 2. The zero-order valence-corrected chi connectivity index (χ0v) is 48.6. The average Bonchev–Trinajstić information content (AvgIpc) is 3.32. The molecule has 2 aromatic carbocycles. The predicted octanol–water partition coefficient (Wildman–Crippen LogP) is 9.96. The van der Waals surface area contributed by atoms with Crippen molar-refractivity contribution in [2.45, 2.75) is 154 Å². The molecule has 0 aliphatic heterocycles. The quantitative estimate of drug-likeness (QED) is 0.0117. The summed E-state index contributed by atoms with van der Waals surface area (Å²) in [6.07, 6.45) is -4.27. The van der Waals surface area contributed by atoms with E-state index >= 15 is 0 Å². The maximum atomic E-state index is 11.6. The molecule has 79 heavy (non-hydrogen) atoms. The molecule has 0 bridgehead atoms. The first-order valence-corrected chi connectivity index (χ1v) is 25.7. The standard InChI is InChI=1S/C15H27NO6.C15H27NO5.C13H16O4.C7H4ClNO4.C4H8O2/c1-9(2)6-12(7-13(17)18)8-16-15(20)22-11(5)21-14(19)10(3)4;1-9(2)6-12(7-13(17)18)8-16-15(20)21-11(5)14(19)10(3)4;1-9(2)12(14)10(3)16-13(15)17-11-7-5-4-6-8-11;8-7(10)13-6-3-1-5(2-4-6)9(11)12;1-3(5)4(2)6/h9-12H,6-8H2,1-5H3,(H,16,20)(H,17,18);9-12H,6-8H2,1-5H3,(H,16,20)(H,17,18);4-10H,1-3H3;1-4H;3,5H,1-2H3/t2*11-,12-;10-;;3-/m000.0/s1. The number of esters is 1. The number of aliphatic hydroxyl groups excluding tert-OH is 1. The minimum Gasteiger partial charge on any atom is -0.481 e. The number of nitrogens with one attached hydrogen (secondary N) is 2. The molecule has 2 aromatic rings. The Bertz CT molecular complexity index is 2200. The molecular formula is C54H82ClN3O21. The highest BCUT2D eigenvalue weighted by Crippen LogP contribution is 2.19. The number of carbonyl (C=O) groups is 10. The van der Waals surface area contributed by atoms with Crippen LogP contribution in [0.3, 0.4) is 0 Å². The van der Waals surface area contributed by atoms with Crippen LogP contribution in [-0.2, 0) is 47.7 Å². The van der Waals surface area contributed by atoms with Gasteiger partial charge in [-0.1, -0.05) is 87.4 Å². The number of carbonyl (C=O) groups excluding carboxylic acids is 8. The van der Waals surface area contributed by atoms with Crippen molar-refractivity contribution >= 4 is 76.3 Å². The fourth-order valence-electron chi connectivity index (χ4n) is 6.02. The van der Waals surface area contributed by atoms with Crippen LogP contribution in [0, 0.1) is 51.5 Å². The highest BCUT2D eigenvalue weighted by Gasteiger charge is 2.24. The van der Waals surface area contributed by atoms with E-state index in [1.165, 1.54) is 58.9 Å². The Morgan fingerprint density at radius 1 is 0.570 bits per heavy atom. The van der Waals surface area contributed by atoms with Gasteiger partial charge in [0.25, 0.3) is 5.69 Å². The number of carboxylic acid groups (broad SMARTS) is 2. The lowest BCUT2D eigenvalue weighted by Gasteiger charge is -2.19. The van der Waals surface area contributed by atoms with Gasteiger partial charge >= 0.3 is 41.7 Å². The van der Waals surface area contributed by atoms with Crippen molar-refractivity contribution in [1.82, 2.24) is 10.6 Å². The molecule has 0 fully saturated rings. The summed E-state index contributed by atoms with van der Waals surface area (Å²) in [5.74, 6) is -2.47. The van der Waals surface area contributed by atoms with Gasteiger partial charge in [-0.15, -0.1) is 0 Å². The molecule has 0 saturated heterocycles. The number of ether oxygens (including phenoxy) is 6. The Kier molecular flexibility index (Phi) is 40.3. The van der Waals surface area contributed by atoms with Crippen LogP contribution in [0.2, 0.25) is 0 Å². The third-order valence-electron chi connectivity index (χ3n) is 9.91. The van der Waals surface area contributed by atoms with Crippen molar-refractivity contribution in [3.63, 3.8) is 0 Å². The molecule has 0 aromatic heterocycles. The monoisotopic (exact) mass is 1140 g/mol. The van der Waals surface area contributed by atoms with Crippen molar-refractivity contribution in [3.05, 3.63) is 64.7 Å². The number of aliphatic carboxylic acids is 2. The normalized spacial score (nSPS) is 12.6. The van der Waals surface area contributed by atoms with E-state index in [9.17, 15) is 58.1 Å². The van der Waals surface area contributed by atoms with Gasteiger partial charge in [-0.2, -0.15) is 0 Å². The van der Waals surface area contributed by atoms with E-state index in [1.807, 2.05) is 33.8 Å². The number of non-ortho nitro benzene ring substituents is 1. The smallest absolute Gasteiger partial charge is 0.481 e. The average molecular weight is 1140 g/mol. The fourth-order valence-corrected chi connectivity index (χ4v) is 6.10. The molecule has 6 atom stereocenters. The number of amides is 2. The molecule has 2 amide bonds. The van der Waals surface area contributed by atoms with E-state index < -0.39 is 71.2 Å². The number of ketones is 3. The first kappa shape index (κ1) is 76.0. The summed E-state index contributed by atoms with van der Waals surface area (Å²) in [4.78, 5) is 120. The van der Waals surface area contributed by atoms with Crippen molar-refractivity contribution in [2.24, 2.45) is 41.4 Å². The van der Waals surface area contributed by atoms with Crippen LogP contribution in [-0.4, -0.2) is 117 Å². The lowest BCUT2D eigenvalue weighted by molar-refractivity contribution is -0.384. The largest absolute Gasteiger partial charge is 0.514 e. The number of nitro benzene ring substituents is 1. The van der Waals surface area contributed by atoms with Crippen molar-refractivity contribution in [3.8, 4) is 11.5 Å². The van der Waals surface area contributed by atoms with Crippen LogP contribution >= 0.6 is 11.6 Å². The number of nitrogens with zero attached hydrogens (tertiary/aromatic N) is 1. The second-order valence-corrected chi connectivity index (χ2v) is 19.8. The Morgan fingerprint density at radius 3 is 1.30 bits per heavy atom. The summed E-state index contributed by atoms with van der Waals surface area (Å²) in [5.41, 5.74) is -1.05. The number of benzene rings is 2. The summed E-state index contributed by atoms with van der Waals surface area (Å²) in [6.45, 7) is 26.1. The number of halogens is 1. The lowest BCUT2D eigenvalue weighted by atomic mass is 9.94. The zero-order valence-electron chi connectivity index (χ0n) is 47.8. The number of Topliss-reactive ketones (excluding diaryl/α,β-unsaturated/α-hetero) is 3. The summed E-state index contributed by atoms with van der Waals surface area (Å²) in [7, 11) is 0. The number of aliphatic hydroxyl groups is 1. The summed E-state index contributed by atoms with van der Waals surface area (Å²) < 4.78 is 29.0. The topological polar surface area (TPSA) is 354 Å². The van der Waals surface area contributed by atoms with Crippen LogP contribution in [0.1, 0.15) is 130 Å². The third kappa shape index (κ3) is 42.5. The number of nitro groups is 1. The first-order valence-electron chi connectivity index (χ1n) is 25.3. The molecule has 0 saturated carbocycles. The number of carboxylic acids is 2. The maximum absolute atomic E-state index is 11.6. The molecule has 0 heterocycles. The predicted molar refractivity (Wildman–Crippen MR) is 289 cm³/mol. The molecule has 2 rings (SSSR count). The molecule has 25 heteroatoms. The summed E-state index contributed by atoms with van der Waals surface area (Å²) >= 11 is 4.92. The second kappa shape index (κ2) is 41.8. The minimum atomic E-state index is -0.988. The fraction of sp³-hybridized carbons (Fsp3) is 0.593. The van der Waals surface area contributed by atoms with Crippen LogP contribution < -0.4 is 20.1 Å². The van der Waals surface area contributed by atoms with Gasteiger partial charge in [-0.3, -0.25) is 38.9 Å². The number of rotatable bonds is 25. The molecule has 0 spiro atoms. The van der Waals surface area contributed by atoms with E-state index in [-0.39, 0.29) is 84.3 Å². The van der Waals surface area contributed by atoms with Gasteiger partial charge < -0.3 is 54.4 Å². The van der Waals surface area contributed by atoms with E-state index in [0.29, 0.717) is 30.4 Å². The van der Waals surface area contributed by atoms with Crippen LogP contribution in [0.4, 0.5) is 24.9 Å². The van der Waals surface area contributed by atoms with Gasteiger partial charge in [0.05, 0.1) is 10.8 Å². The van der Waals surface area contributed by atoms with E-state index in [0.717, 1.165) is 0 Å². The van der Waals surface area contributed by atoms with Crippen LogP contribution in [0.25, 0.3) is 0 Å². The Hall–Kier alpha value is -7.21.